The summed E-state index contributed by atoms with van der Waals surface area (Å²) in [6.45, 7) is 4.55. The van der Waals surface area contributed by atoms with Crippen molar-refractivity contribution >= 4 is 16.5 Å². The molecule has 0 fully saturated rings. The van der Waals surface area contributed by atoms with Crippen LogP contribution >= 0.6 is 0 Å². The van der Waals surface area contributed by atoms with Crippen molar-refractivity contribution in [3.63, 3.8) is 0 Å². The first-order valence-corrected chi connectivity index (χ1v) is 7.12. The number of hydrogen-bond donors (Lipinski definition) is 1. The van der Waals surface area contributed by atoms with Crippen LogP contribution in [0.25, 0.3) is 0 Å². The van der Waals surface area contributed by atoms with Gasteiger partial charge in [-0.3, -0.25) is 4.21 Å². The molecular weight excluding hydrogens is 246 g/mol. The first kappa shape index (κ1) is 12.8. The monoisotopic (exact) mass is 263 g/mol. The van der Waals surface area contributed by atoms with Crippen LogP contribution in [0, 0.1) is 13.8 Å². The summed E-state index contributed by atoms with van der Waals surface area (Å²) in [7, 11) is -1.03. The Morgan fingerprint density at radius 2 is 2.17 bits per heavy atom. The highest BCUT2D eigenvalue weighted by molar-refractivity contribution is 7.85. The zero-order chi connectivity index (χ0) is 13.1. The Balaban J connectivity index is 2.09. The van der Waals surface area contributed by atoms with Crippen LogP contribution in [0.2, 0.25) is 0 Å². The molecule has 2 rings (SSSR count). The third-order valence-corrected chi connectivity index (χ3v) is 4.50. The molecule has 18 heavy (non-hydrogen) atoms. The molecule has 1 aromatic carbocycles. The number of nitrogens with zero attached hydrogens (tertiary/aromatic N) is 2. The Kier molecular flexibility index (Phi) is 3.81. The van der Waals surface area contributed by atoms with E-state index in [1.54, 1.807) is 6.20 Å². The molecule has 1 atom stereocenters. The molecule has 0 saturated heterocycles. The van der Waals surface area contributed by atoms with Gasteiger partial charge in [-0.1, -0.05) is 6.07 Å². The summed E-state index contributed by atoms with van der Waals surface area (Å²) >= 11 is 0. The van der Waals surface area contributed by atoms with Gasteiger partial charge in [-0.25, -0.2) is 4.98 Å². The highest BCUT2D eigenvalue weighted by atomic mass is 32.2. The van der Waals surface area contributed by atoms with Crippen LogP contribution in [0.15, 0.2) is 35.5 Å². The van der Waals surface area contributed by atoms with Crippen LogP contribution < -0.4 is 5.73 Å². The molecular formula is C13H17N3OS. The lowest BCUT2D eigenvalue weighted by Crippen LogP contribution is -2.10. The van der Waals surface area contributed by atoms with Crippen molar-refractivity contribution in [2.24, 2.45) is 0 Å². The summed E-state index contributed by atoms with van der Waals surface area (Å²) in [6.07, 6.45) is 3.66. The second kappa shape index (κ2) is 5.35. The molecule has 1 unspecified atom stereocenters. The zero-order valence-electron chi connectivity index (χ0n) is 10.6. The van der Waals surface area contributed by atoms with Gasteiger partial charge in [0.15, 0.2) is 0 Å². The summed E-state index contributed by atoms with van der Waals surface area (Å²) in [5.74, 6) is 1.51. The molecule has 0 bridgehead atoms. The fraction of sp³-hybridized carbons (Fsp3) is 0.308. The van der Waals surface area contributed by atoms with E-state index in [1.165, 1.54) is 0 Å². The summed E-state index contributed by atoms with van der Waals surface area (Å²) < 4.78 is 14.2. The fourth-order valence-corrected chi connectivity index (χ4v) is 3.08. The van der Waals surface area contributed by atoms with Gasteiger partial charge in [0.05, 0.1) is 10.8 Å². The van der Waals surface area contributed by atoms with Gasteiger partial charge in [0.1, 0.15) is 5.82 Å². The van der Waals surface area contributed by atoms with E-state index in [4.69, 9.17) is 5.73 Å². The Morgan fingerprint density at radius 3 is 2.83 bits per heavy atom. The van der Waals surface area contributed by atoms with Crippen molar-refractivity contribution in [1.29, 1.82) is 0 Å². The average Bonchev–Trinajstić information content (AvgIpc) is 2.75. The van der Waals surface area contributed by atoms with Crippen molar-refractivity contribution in [2.45, 2.75) is 25.3 Å². The Morgan fingerprint density at radius 1 is 1.39 bits per heavy atom. The van der Waals surface area contributed by atoms with Gasteiger partial charge in [0.25, 0.3) is 0 Å². The van der Waals surface area contributed by atoms with Gasteiger partial charge in [0, 0.05) is 35.3 Å². The van der Waals surface area contributed by atoms with Gasteiger partial charge >= 0.3 is 0 Å². The predicted molar refractivity (Wildman–Crippen MR) is 73.8 cm³/mol. The van der Waals surface area contributed by atoms with E-state index < -0.39 is 10.8 Å². The normalized spacial score (nSPS) is 12.6. The molecule has 0 spiro atoms. The Hall–Kier alpha value is -1.62. The molecule has 1 heterocycles. The summed E-state index contributed by atoms with van der Waals surface area (Å²) in [6, 6.07) is 5.55. The SMILES string of the molecule is Cc1c(N)cccc1S(=O)CCn1ccnc1C. The number of rotatable bonds is 4. The van der Waals surface area contributed by atoms with Gasteiger partial charge in [0.2, 0.25) is 0 Å². The minimum absolute atomic E-state index is 0.571. The van der Waals surface area contributed by atoms with E-state index in [0.717, 1.165) is 16.3 Å². The van der Waals surface area contributed by atoms with Crippen molar-refractivity contribution in [2.75, 3.05) is 11.5 Å². The molecule has 5 heteroatoms. The van der Waals surface area contributed by atoms with Crippen LogP contribution in [0.3, 0.4) is 0 Å². The lowest BCUT2D eigenvalue weighted by atomic mass is 10.2. The largest absolute Gasteiger partial charge is 0.398 e. The maximum Gasteiger partial charge on any atom is 0.105 e. The van der Waals surface area contributed by atoms with Crippen LogP contribution in [-0.2, 0) is 17.3 Å². The van der Waals surface area contributed by atoms with Gasteiger partial charge in [-0.05, 0) is 31.5 Å². The number of aromatic nitrogens is 2. The molecule has 4 nitrogen and oxygen atoms in total. The van der Waals surface area contributed by atoms with E-state index >= 15 is 0 Å². The molecule has 0 aliphatic rings. The number of benzene rings is 1. The number of nitrogens with two attached hydrogens (primary N) is 1. The number of hydrogen-bond acceptors (Lipinski definition) is 3. The van der Waals surface area contributed by atoms with Crippen LogP contribution in [0.1, 0.15) is 11.4 Å². The van der Waals surface area contributed by atoms with Gasteiger partial charge < -0.3 is 10.3 Å². The zero-order valence-corrected chi connectivity index (χ0v) is 11.4. The van der Waals surface area contributed by atoms with Crippen LogP contribution in [-0.4, -0.2) is 19.5 Å². The van der Waals surface area contributed by atoms with Crippen molar-refractivity contribution < 1.29 is 4.21 Å². The molecule has 0 radical (unpaired) electrons. The van der Waals surface area contributed by atoms with E-state index in [-0.39, 0.29) is 0 Å². The average molecular weight is 263 g/mol. The predicted octanol–water partition coefficient (Wildman–Crippen LogP) is 1.89. The topological polar surface area (TPSA) is 60.9 Å². The number of aryl methyl sites for hydroxylation is 2. The Labute approximate surface area is 109 Å². The van der Waals surface area contributed by atoms with Crippen LogP contribution in [0.4, 0.5) is 5.69 Å². The highest BCUT2D eigenvalue weighted by Crippen LogP contribution is 2.19. The molecule has 96 valence electrons. The Bertz CT molecular complexity index is 577. The number of anilines is 1. The van der Waals surface area contributed by atoms with Crippen molar-refractivity contribution in [3.05, 3.63) is 42.0 Å². The molecule has 2 aromatic rings. The van der Waals surface area contributed by atoms with E-state index in [0.29, 0.717) is 18.0 Å². The van der Waals surface area contributed by atoms with E-state index in [1.807, 2.05) is 42.8 Å². The van der Waals surface area contributed by atoms with Crippen molar-refractivity contribution in [1.82, 2.24) is 9.55 Å². The second-order valence-corrected chi connectivity index (χ2v) is 5.73. The third-order valence-electron chi connectivity index (χ3n) is 3.01. The maximum absolute atomic E-state index is 12.2. The second-order valence-electron chi connectivity index (χ2n) is 4.19. The van der Waals surface area contributed by atoms with Gasteiger partial charge in [-0.2, -0.15) is 0 Å². The van der Waals surface area contributed by atoms with Gasteiger partial charge in [-0.15, -0.1) is 0 Å². The minimum Gasteiger partial charge on any atom is -0.398 e. The number of imidazole rings is 1. The molecule has 0 aliphatic carbocycles. The lowest BCUT2D eigenvalue weighted by Gasteiger charge is -2.09. The minimum atomic E-state index is -1.03. The summed E-state index contributed by atoms with van der Waals surface area (Å²) in [5.41, 5.74) is 7.43. The van der Waals surface area contributed by atoms with E-state index in [2.05, 4.69) is 4.98 Å². The molecule has 1 aromatic heterocycles. The smallest absolute Gasteiger partial charge is 0.105 e. The highest BCUT2D eigenvalue weighted by Gasteiger charge is 2.09. The first-order valence-electron chi connectivity index (χ1n) is 5.81. The first-order chi connectivity index (χ1) is 8.59. The lowest BCUT2D eigenvalue weighted by molar-refractivity contribution is 0.669. The maximum atomic E-state index is 12.2. The molecule has 0 amide bonds. The van der Waals surface area contributed by atoms with Crippen molar-refractivity contribution in [3.8, 4) is 0 Å². The molecule has 0 saturated carbocycles. The molecule has 2 N–H and O–H groups in total. The summed E-state index contributed by atoms with van der Waals surface area (Å²) in [5, 5.41) is 0. The van der Waals surface area contributed by atoms with E-state index in [9.17, 15) is 4.21 Å². The summed E-state index contributed by atoms with van der Waals surface area (Å²) in [4.78, 5) is 4.97. The number of nitrogen functional groups attached to an aromatic ring is 1. The van der Waals surface area contributed by atoms with Crippen LogP contribution in [0.5, 0.6) is 0 Å². The standard InChI is InChI=1S/C13H17N3OS/c1-10-12(14)4-3-5-13(10)18(17)9-8-16-7-6-15-11(16)2/h3-7H,8-9,14H2,1-2H3. The quantitative estimate of drug-likeness (QED) is 0.857. The fourth-order valence-electron chi connectivity index (χ4n) is 1.81. The third kappa shape index (κ3) is 2.61. The molecule has 0 aliphatic heterocycles.